The fourth-order valence-electron chi connectivity index (χ4n) is 4.18. The largest absolute Gasteiger partial charge is 0.494 e. The van der Waals surface area contributed by atoms with Gasteiger partial charge >= 0.3 is 0 Å². The lowest BCUT2D eigenvalue weighted by molar-refractivity contribution is -0.134. The number of ether oxygens (including phenoxy) is 1. The van der Waals surface area contributed by atoms with E-state index in [9.17, 15) is 9.59 Å². The Morgan fingerprint density at radius 3 is 2.38 bits per heavy atom. The van der Waals surface area contributed by atoms with Crippen molar-refractivity contribution < 1.29 is 14.3 Å². The van der Waals surface area contributed by atoms with Crippen molar-refractivity contribution in [2.45, 2.75) is 51.5 Å². The van der Waals surface area contributed by atoms with E-state index in [0.29, 0.717) is 32.5 Å². The molecule has 2 N–H and O–H groups in total. The fraction of sp³-hybridized carbons (Fsp3) is 0.519. The molecular weight excluding hydrogens is 428 g/mol. The van der Waals surface area contributed by atoms with Crippen molar-refractivity contribution in [2.24, 2.45) is 5.73 Å². The summed E-state index contributed by atoms with van der Waals surface area (Å²) in [5, 5.41) is 0. The van der Waals surface area contributed by atoms with Crippen molar-refractivity contribution in [3.05, 3.63) is 59.9 Å². The third-order valence-electron chi connectivity index (χ3n) is 6.28. The number of rotatable bonds is 13. The molecule has 1 aromatic carbocycles. The number of piperazine rings is 1. The van der Waals surface area contributed by atoms with Crippen molar-refractivity contribution in [3.8, 4) is 5.75 Å². The molecule has 2 aromatic rings. The molecule has 1 aromatic heterocycles. The SMILES string of the molecule is CCCCCC(=O)c1ccc(OCCCN2CCN(C(=O)[C@H](N)Cc3ccncc3)CC2)cc1. The number of amides is 1. The summed E-state index contributed by atoms with van der Waals surface area (Å²) in [4.78, 5) is 33.1. The average molecular weight is 467 g/mol. The number of nitrogens with zero attached hydrogens (tertiary/aromatic N) is 3. The number of aromatic nitrogens is 1. The van der Waals surface area contributed by atoms with Gasteiger partial charge in [-0.2, -0.15) is 0 Å². The lowest BCUT2D eigenvalue weighted by Crippen LogP contribution is -2.53. The quantitative estimate of drug-likeness (QED) is 0.360. The van der Waals surface area contributed by atoms with E-state index in [1.165, 1.54) is 0 Å². The van der Waals surface area contributed by atoms with Crippen LogP contribution in [0.3, 0.4) is 0 Å². The molecule has 1 saturated heterocycles. The smallest absolute Gasteiger partial charge is 0.239 e. The van der Waals surface area contributed by atoms with E-state index in [2.05, 4.69) is 16.8 Å². The number of pyridine rings is 1. The van der Waals surface area contributed by atoms with Gasteiger partial charge in [0.25, 0.3) is 0 Å². The first-order valence-corrected chi connectivity index (χ1v) is 12.5. The van der Waals surface area contributed by atoms with Crippen LogP contribution in [-0.2, 0) is 11.2 Å². The number of nitrogens with two attached hydrogens (primary N) is 1. The van der Waals surface area contributed by atoms with Gasteiger partial charge in [0, 0.05) is 57.1 Å². The number of Topliss-reactive ketones (excluding diaryl/α,β-unsaturated/α-hetero) is 1. The molecule has 7 nitrogen and oxygen atoms in total. The van der Waals surface area contributed by atoms with Crippen molar-refractivity contribution >= 4 is 11.7 Å². The first kappa shape index (κ1) is 25.8. The van der Waals surface area contributed by atoms with Crippen LogP contribution in [0.4, 0.5) is 0 Å². The minimum atomic E-state index is -0.514. The Balaban J connectivity index is 1.30. The normalized spacial score (nSPS) is 15.2. The highest BCUT2D eigenvalue weighted by molar-refractivity contribution is 5.96. The second kappa shape index (κ2) is 13.8. The standard InChI is InChI=1S/C27H38N4O3/c1-2-3-4-6-26(32)23-7-9-24(10-8-23)34-20-5-15-30-16-18-31(19-17-30)27(33)25(28)21-22-11-13-29-14-12-22/h7-14,25H,2-6,15-21,28H2,1H3/t25-/m1/s1. The number of hydrogen-bond donors (Lipinski definition) is 1. The summed E-state index contributed by atoms with van der Waals surface area (Å²) in [5.41, 5.74) is 7.95. The zero-order valence-corrected chi connectivity index (χ0v) is 20.3. The maximum absolute atomic E-state index is 12.7. The number of carbonyl (C=O) groups excluding carboxylic acids is 2. The van der Waals surface area contributed by atoms with Crippen LogP contribution in [0.15, 0.2) is 48.8 Å². The van der Waals surface area contributed by atoms with Gasteiger partial charge in [-0.1, -0.05) is 19.8 Å². The van der Waals surface area contributed by atoms with E-state index in [0.717, 1.165) is 62.2 Å². The van der Waals surface area contributed by atoms with Gasteiger partial charge in [0.15, 0.2) is 5.78 Å². The van der Waals surface area contributed by atoms with Gasteiger partial charge in [0.05, 0.1) is 12.6 Å². The van der Waals surface area contributed by atoms with E-state index in [-0.39, 0.29) is 11.7 Å². The molecule has 3 rings (SSSR count). The summed E-state index contributed by atoms with van der Waals surface area (Å²) in [6.45, 7) is 6.80. The van der Waals surface area contributed by atoms with Crippen LogP contribution < -0.4 is 10.5 Å². The molecule has 0 unspecified atom stereocenters. The van der Waals surface area contributed by atoms with Gasteiger partial charge in [0.1, 0.15) is 5.75 Å². The Hall–Kier alpha value is -2.77. The van der Waals surface area contributed by atoms with Crippen molar-refractivity contribution in [3.63, 3.8) is 0 Å². The summed E-state index contributed by atoms with van der Waals surface area (Å²) >= 11 is 0. The molecule has 1 aliphatic heterocycles. The molecule has 0 saturated carbocycles. The molecule has 34 heavy (non-hydrogen) atoms. The zero-order chi connectivity index (χ0) is 24.2. The van der Waals surface area contributed by atoms with Crippen LogP contribution in [0.25, 0.3) is 0 Å². The molecule has 2 heterocycles. The van der Waals surface area contributed by atoms with Crippen LogP contribution in [0.1, 0.15) is 54.9 Å². The number of benzene rings is 1. The predicted octanol–water partition coefficient (Wildman–Crippen LogP) is 3.33. The van der Waals surface area contributed by atoms with E-state index in [4.69, 9.17) is 10.5 Å². The molecule has 0 aliphatic carbocycles. The number of hydrogen-bond acceptors (Lipinski definition) is 6. The highest BCUT2D eigenvalue weighted by Crippen LogP contribution is 2.15. The molecule has 184 valence electrons. The van der Waals surface area contributed by atoms with Gasteiger partial charge in [-0.25, -0.2) is 0 Å². The summed E-state index contributed by atoms with van der Waals surface area (Å²) < 4.78 is 5.85. The van der Waals surface area contributed by atoms with Crippen molar-refractivity contribution in [1.82, 2.24) is 14.8 Å². The van der Waals surface area contributed by atoms with Crippen LogP contribution in [-0.4, -0.2) is 71.8 Å². The second-order valence-electron chi connectivity index (χ2n) is 8.94. The Morgan fingerprint density at radius 2 is 1.71 bits per heavy atom. The van der Waals surface area contributed by atoms with Gasteiger partial charge in [-0.15, -0.1) is 0 Å². The maximum Gasteiger partial charge on any atom is 0.239 e. The monoisotopic (exact) mass is 466 g/mol. The van der Waals surface area contributed by atoms with E-state index in [1.807, 2.05) is 41.3 Å². The molecule has 7 heteroatoms. The van der Waals surface area contributed by atoms with Crippen LogP contribution in [0.5, 0.6) is 5.75 Å². The highest BCUT2D eigenvalue weighted by Gasteiger charge is 2.25. The third kappa shape index (κ3) is 8.22. The molecule has 1 atom stereocenters. The summed E-state index contributed by atoms with van der Waals surface area (Å²) in [6.07, 6.45) is 8.67. The van der Waals surface area contributed by atoms with Crippen LogP contribution in [0, 0.1) is 0 Å². The molecule has 1 amide bonds. The van der Waals surface area contributed by atoms with Gasteiger partial charge in [-0.3, -0.25) is 19.5 Å². The van der Waals surface area contributed by atoms with Gasteiger partial charge in [-0.05, 0) is 61.2 Å². The average Bonchev–Trinajstić information content (AvgIpc) is 2.87. The van der Waals surface area contributed by atoms with Crippen LogP contribution >= 0.6 is 0 Å². The third-order valence-corrected chi connectivity index (χ3v) is 6.28. The minimum absolute atomic E-state index is 0.0205. The molecule has 1 fully saturated rings. The topological polar surface area (TPSA) is 88.8 Å². The van der Waals surface area contributed by atoms with Crippen LogP contribution in [0.2, 0.25) is 0 Å². The number of carbonyl (C=O) groups is 2. The minimum Gasteiger partial charge on any atom is -0.494 e. The summed E-state index contributed by atoms with van der Waals surface area (Å²) in [6, 6.07) is 10.8. The lowest BCUT2D eigenvalue weighted by Gasteiger charge is -2.35. The Labute approximate surface area is 203 Å². The fourth-order valence-corrected chi connectivity index (χ4v) is 4.18. The van der Waals surface area contributed by atoms with Gasteiger partial charge < -0.3 is 15.4 Å². The first-order chi connectivity index (χ1) is 16.6. The van der Waals surface area contributed by atoms with E-state index < -0.39 is 6.04 Å². The summed E-state index contributed by atoms with van der Waals surface area (Å²) in [5.74, 6) is 1.02. The Bertz CT molecular complexity index is 881. The van der Waals surface area contributed by atoms with Crippen molar-refractivity contribution in [1.29, 1.82) is 0 Å². The molecule has 0 spiro atoms. The zero-order valence-electron chi connectivity index (χ0n) is 20.3. The maximum atomic E-state index is 12.7. The van der Waals surface area contributed by atoms with E-state index in [1.54, 1.807) is 12.4 Å². The summed E-state index contributed by atoms with van der Waals surface area (Å²) in [7, 11) is 0. The Morgan fingerprint density at radius 1 is 1.00 bits per heavy atom. The second-order valence-corrected chi connectivity index (χ2v) is 8.94. The molecule has 0 bridgehead atoms. The van der Waals surface area contributed by atoms with Crippen molar-refractivity contribution in [2.75, 3.05) is 39.3 Å². The molecular formula is C27H38N4O3. The number of unbranched alkanes of at least 4 members (excludes halogenated alkanes) is 2. The Kier molecular flexibility index (Phi) is 10.5. The predicted molar refractivity (Wildman–Crippen MR) is 134 cm³/mol. The van der Waals surface area contributed by atoms with E-state index >= 15 is 0 Å². The number of ketones is 1. The molecule has 1 aliphatic rings. The highest BCUT2D eigenvalue weighted by atomic mass is 16.5. The lowest BCUT2D eigenvalue weighted by atomic mass is 10.0. The first-order valence-electron chi connectivity index (χ1n) is 12.5. The van der Waals surface area contributed by atoms with Gasteiger partial charge in [0.2, 0.25) is 5.91 Å². The molecule has 0 radical (unpaired) electrons.